The van der Waals surface area contributed by atoms with Gasteiger partial charge in [-0.25, -0.2) is 0 Å². The average molecular weight is 154 g/mol. The fourth-order valence-corrected chi connectivity index (χ4v) is 1.79. The van der Waals surface area contributed by atoms with Crippen molar-refractivity contribution in [2.24, 2.45) is 5.73 Å². The second-order valence-electron chi connectivity index (χ2n) is 3.75. The normalized spacial score (nSPS) is 28.0. The molecule has 1 aliphatic carbocycles. The van der Waals surface area contributed by atoms with Gasteiger partial charge in [-0.05, 0) is 26.2 Å². The summed E-state index contributed by atoms with van der Waals surface area (Å²) >= 11 is 0. The van der Waals surface area contributed by atoms with Crippen LogP contribution in [0.5, 0.6) is 0 Å². The van der Waals surface area contributed by atoms with Gasteiger partial charge in [0.05, 0.1) is 6.04 Å². The van der Waals surface area contributed by atoms with Crippen molar-refractivity contribution in [1.82, 2.24) is 4.90 Å². The molecular formula is C8H14N2O. The molecule has 0 radical (unpaired) electrons. The quantitative estimate of drug-likeness (QED) is 0.582. The summed E-state index contributed by atoms with van der Waals surface area (Å²) in [5, 5.41) is 0. The molecular weight excluding hydrogens is 140 g/mol. The van der Waals surface area contributed by atoms with Crippen LogP contribution in [0.4, 0.5) is 0 Å². The minimum atomic E-state index is -0.312. The van der Waals surface area contributed by atoms with Crippen molar-refractivity contribution in [3.05, 3.63) is 0 Å². The van der Waals surface area contributed by atoms with E-state index in [4.69, 9.17) is 5.73 Å². The predicted molar refractivity (Wildman–Crippen MR) is 41.9 cm³/mol. The lowest BCUT2D eigenvalue weighted by molar-refractivity contribution is -0.141. The largest absolute Gasteiger partial charge is 0.336 e. The molecule has 3 heteroatoms. The van der Waals surface area contributed by atoms with Crippen LogP contribution in [0.1, 0.15) is 26.2 Å². The van der Waals surface area contributed by atoms with E-state index in [1.54, 1.807) is 6.92 Å². The lowest BCUT2D eigenvalue weighted by atomic mass is 9.99. The van der Waals surface area contributed by atoms with Crippen LogP contribution in [0.3, 0.4) is 0 Å². The number of likely N-dealkylation sites (tertiary alicyclic amines) is 1. The Hall–Kier alpha value is -0.570. The van der Waals surface area contributed by atoms with E-state index in [1.807, 2.05) is 4.90 Å². The first-order chi connectivity index (χ1) is 5.16. The van der Waals surface area contributed by atoms with Gasteiger partial charge in [0.1, 0.15) is 0 Å². The summed E-state index contributed by atoms with van der Waals surface area (Å²) in [5.74, 6) is 0.133. The highest BCUT2D eigenvalue weighted by atomic mass is 16.2. The van der Waals surface area contributed by atoms with Crippen LogP contribution in [0, 0.1) is 0 Å². The van der Waals surface area contributed by atoms with Gasteiger partial charge < -0.3 is 10.6 Å². The van der Waals surface area contributed by atoms with E-state index in [2.05, 4.69) is 0 Å². The van der Waals surface area contributed by atoms with Crippen molar-refractivity contribution in [3.63, 3.8) is 0 Å². The molecule has 0 aromatic rings. The molecule has 1 heterocycles. The van der Waals surface area contributed by atoms with Crippen LogP contribution < -0.4 is 5.73 Å². The number of hydrogen-bond donors (Lipinski definition) is 1. The second-order valence-corrected chi connectivity index (χ2v) is 3.75. The maximum absolute atomic E-state index is 11.4. The minimum absolute atomic E-state index is 0.133. The maximum atomic E-state index is 11.4. The molecule has 2 aliphatic rings. The zero-order valence-corrected chi connectivity index (χ0v) is 6.84. The number of nitrogens with zero attached hydrogens (tertiary/aromatic N) is 1. The summed E-state index contributed by atoms with van der Waals surface area (Å²) in [6, 6.07) is -0.312. The smallest absolute Gasteiger partial charge is 0.239 e. The van der Waals surface area contributed by atoms with Crippen LogP contribution >= 0.6 is 0 Å². The summed E-state index contributed by atoms with van der Waals surface area (Å²) in [4.78, 5) is 13.3. The molecule has 1 saturated carbocycles. The molecule has 0 aromatic carbocycles. The first-order valence-electron chi connectivity index (χ1n) is 4.23. The Kier molecular flexibility index (Phi) is 1.27. The van der Waals surface area contributed by atoms with Gasteiger partial charge in [-0.2, -0.15) is 0 Å². The van der Waals surface area contributed by atoms with E-state index >= 15 is 0 Å². The van der Waals surface area contributed by atoms with Crippen molar-refractivity contribution in [2.75, 3.05) is 6.54 Å². The Morgan fingerprint density at radius 2 is 2.18 bits per heavy atom. The van der Waals surface area contributed by atoms with Gasteiger partial charge in [0.25, 0.3) is 0 Å². The molecule has 2 rings (SSSR count). The van der Waals surface area contributed by atoms with Gasteiger partial charge in [-0.3, -0.25) is 4.79 Å². The Morgan fingerprint density at radius 1 is 1.55 bits per heavy atom. The third kappa shape index (κ3) is 0.872. The number of rotatable bonds is 1. The third-order valence-electron chi connectivity index (χ3n) is 2.86. The van der Waals surface area contributed by atoms with Crippen molar-refractivity contribution in [3.8, 4) is 0 Å². The SMILES string of the molecule is C[C@@H](N)C(=O)N1CCC12CC2. The van der Waals surface area contributed by atoms with Gasteiger partial charge in [-0.1, -0.05) is 0 Å². The highest BCUT2D eigenvalue weighted by Gasteiger charge is 2.56. The monoisotopic (exact) mass is 154 g/mol. The molecule has 1 spiro atoms. The van der Waals surface area contributed by atoms with E-state index in [-0.39, 0.29) is 11.9 Å². The Bertz CT molecular complexity index is 196. The van der Waals surface area contributed by atoms with Crippen molar-refractivity contribution < 1.29 is 4.79 Å². The lowest BCUT2D eigenvalue weighted by Gasteiger charge is -2.42. The van der Waals surface area contributed by atoms with Gasteiger partial charge in [0, 0.05) is 12.1 Å². The fraction of sp³-hybridized carbons (Fsp3) is 0.875. The van der Waals surface area contributed by atoms with Crippen LogP contribution in [-0.4, -0.2) is 28.9 Å². The van der Waals surface area contributed by atoms with Gasteiger partial charge in [-0.15, -0.1) is 0 Å². The predicted octanol–water partition coefficient (Wildman–Crippen LogP) is 0.0985. The molecule has 0 bridgehead atoms. The maximum Gasteiger partial charge on any atom is 0.239 e. The summed E-state index contributed by atoms with van der Waals surface area (Å²) < 4.78 is 0. The van der Waals surface area contributed by atoms with Crippen molar-refractivity contribution in [1.29, 1.82) is 0 Å². The molecule has 2 fully saturated rings. The van der Waals surface area contributed by atoms with Crippen molar-refractivity contribution in [2.45, 2.75) is 37.8 Å². The first kappa shape index (κ1) is 7.10. The average Bonchev–Trinajstić information content (AvgIpc) is 2.64. The number of carbonyl (C=O) groups excluding carboxylic acids is 1. The molecule has 3 nitrogen and oxygen atoms in total. The molecule has 1 aliphatic heterocycles. The van der Waals surface area contributed by atoms with Crippen molar-refractivity contribution >= 4 is 5.91 Å². The van der Waals surface area contributed by atoms with Crippen LogP contribution in [0.15, 0.2) is 0 Å². The zero-order chi connectivity index (χ0) is 8.06. The molecule has 1 saturated heterocycles. The third-order valence-corrected chi connectivity index (χ3v) is 2.86. The lowest BCUT2D eigenvalue weighted by Crippen LogP contribution is -2.57. The van der Waals surface area contributed by atoms with Crippen LogP contribution in [-0.2, 0) is 4.79 Å². The standard InChI is InChI=1S/C8H14N2O/c1-6(9)7(11)10-5-4-8(10)2-3-8/h6H,2-5,9H2,1H3/t6-/m1/s1. The molecule has 2 N–H and O–H groups in total. The molecule has 0 aromatic heterocycles. The van der Waals surface area contributed by atoms with E-state index in [0.29, 0.717) is 5.54 Å². The number of amides is 1. The summed E-state index contributed by atoms with van der Waals surface area (Å²) in [7, 11) is 0. The van der Waals surface area contributed by atoms with E-state index < -0.39 is 0 Å². The molecule has 1 amide bonds. The molecule has 0 unspecified atom stereocenters. The highest BCUT2D eigenvalue weighted by Crippen LogP contribution is 2.51. The Morgan fingerprint density at radius 3 is 2.45 bits per heavy atom. The first-order valence-corrected chi connectivity index (χ1v) is 4.23. The summed E-state index contributed by atoms with van der Waals surface area (Å²) in [6.45, 7) is 2.69. The summed E-state index contributed by atoms with van der Waals surface area (Å²) in [5.41, 5.74) is 5.80. The van der Waals surface area contributed by atoms with Gasteiger partial charge in [0.2, 0.25) is 5.91 Å². The Balaban J connectivity index is 2.01. The van der Waals surface area contributed by atoms with E-state index in [9.17, 15) is 4.79 Å². The van der Waals surface area contributed by atoms with Crippen LogP contribution in [0.25, 0.3) is 0 Å². The van der Waals surface area contributed by atoms with E-state index in [1.165, 1.54) is 19.3 Å². The van der Waals surface area contributed by atoms with E-state index in [0.717, 1.165) is 6.54 Å². The second kappa shape index (κ2) is 1.97. The topological polar surface area (TPSA) is 46.3 Å². The number of hydrogen-bond acceptors (Lipinski definition) is 2. The fourth-order valence-electron chi connectivity index (χ4n) is 1.79. The molecule has 62 valence electrons. The van der Waals surface area contributed by atoms with Gasteiger partial charge in [0.15, 0.2) is 0 Å². The molecule has 1 atom stereocenters. The highest BCUT2D eigenvalue weighted by molar-refractivity contribution is 5.83. The number of nitrogens with two attached hydrogens (primary N) is 1. The Labute approximate surface area is 66.5 Å². The minimum Gasteiger partial charge on any atom is -0.336 e. The van der Waals surface area contributed by atoms with Gasteiger partial charge >= 0.3 is 0 Å². The zero-order valence-electron chi connectivity index (χ0n) is 6.84. The molecule has 11 heavy (non-hydrogen) atoms. The number of carbonyl (C=O) groups is 1. The van der Waals surface area contributed by atoms with Crippen LogP contribution in [0.2, 0.25) is 0 Å². The summed E-state index contributed by atoms with van der Waals surface area (Å²) in [6.07, 6.45) is 3.60.